The summed E-state index contributed by atoms with van der Waals surface area (Å²) >= 11 is 0. The topological polar surface area (TPSA) is 26.3 Å². The lowest BCUT2D eigenvalue weighted by Crippen LogP contribution is -2.46. The summed E-state index contributed by atoms with van der Waals surface area (Å²) in [5.74, 6) is -0.453. The van der Waals surface area contributed by atoms with Gasteiger partial charge in [0.25, 0.3) is 0 Å². The Balaban J connectivity index is 3.01. The van der Waals surface area contributed by atoms with Crippen molar-refractivity contribution < 1.29 is 22.4 Å². The first-order valence-electron chi connectivity index (χ1n) is 4.04. The summed E-state index contributed by atoms with van der Waals surface area (Å²) in [6, 6.07) is 0. The van der Waals surface area contributed by atoms with Gasteiger partial charge in [-0.2, -0.15) is 13.2 Å². The number of alkyl halides is 3. The number of allylic oxidation sites excluding steroid dienone is 2. The van der Waals surface area contributed by atoms with Gasteiger partial charge >= 0.3 is 6.18 Å². The van der Waals surface area contributed by atoms with E-state index in [2.05, 4.69) is 0 Å². The van der Waals surface area contributed by atoms with Crippen LogP contribution in [0.25, 0.3) is 0 Å². The molecule has 0 heterocycles. The molecular weight excluding hydrogens is 213 g/mol. The van der Waals surface area contributed by atoms with Crippen LogP contribution >= 0.6 is 0 Å². The van der Waals surface area contributed by atoms with E-state index in [1.54, 1.807) is 6.55 Å². The van der Waals surface area contributed by atoms with E-state index in [9.17, 15) is 18.0 Å². The van der Waals surface area contributed by atoms with Crippen LogP contribution in [0.1, 0.15) is 0 Å². The maximum atomic E-state index is 12.6. The molecule has 0 amide bonds. The zero-order chi connectivity index (χ0) is 10.8. The summed E-state index contributed by atoms with van der Waals surface area (Å²) in [5.41, 5.74) is -2.37. The van der Waals surface area contributed by atoms with Gasteiger partial charge in [-0.3, -0.25) is 4.79 Å². The van der Waals surface area contributed by atoms with Crippen LogP contribution in [-0.2, 0) is 9.22 Å². The average molecular weight is 222 g/mol. The number of hydrogen-bond acceptors (Lipinski definition) is 2. The first kappa shape index (κ1) is 11.2. The van der Waals surface area contributed by atoms with E-state index in [-0.39, 0.29) is 0 Å². The second-order valence-electron chi connectivity index (χ2n) is 2.79. The van der Waals surface area contributed by atoms with E-state index in [4.69, 9.17) is 4.43 Å². The molecule has 0 saturated carbocycles. The molecule has 0 aromatic carbocycles. The molecule has 1 aliphatic carbocycles. The van der Waals surface area contributed by atoms with Crippen molar-refractivity contribution in [1.29, 1.82) is 0 Å². The van der Waals surface area contributed by atoms with Gasteiger partial charge in [-0.05, 0) is 24.3 Å². The Bertz CT molecular complexity index is 277. The summed E-state index contributed by atoms with van der Waals surface area (Å²) in [5, 5.41) is 0. The van der Waals surface area contributed by atoms with E-state index in [1.807, 2.05) is 0 Å². The molecule has 1 rings (SSSR count). The predicted molar refractivity (Wildman–Crippen MR) is 47.6 cm³/mol. The van der Waals surface area contributed by atoms with Gasteiger partial charge in [0.1, 0.15) is 0 Å². The Labute approximate surface area is 81.4 Å². The van der Waals surface area contributed by atoms with Gasteiger partial charge in [-0.25, -0.2) is 0 Å². The van der Waals surface area contributed by atoms with E-state index in [0.717, 1.165) is 24.3 Å². The Morgan fingerprint density at radius 1 is 1.36 bits per heavy atom. The number of hydrogen-bond donors (Lipinski definition) is 0. The van der Waals surface area contributed by atoms with Crippen LogP contribution in [-0.4, -0.2) is 27.3 Å². The first-order chi connectivity index (χ1) is 6.41. The van der Waals surface area contributed by atoms with Crippen LogP contribution in [0.3, 0.4) is 0 Å². The average Bonchev–Trinajstić information content (AvgIpc) is 2.07. The molecule has 14 heavy (non-hydrogen) atoms. The highest BCUT2D eigenvalue weighted by molar-refractivity contribution is 6.25. The van der Waals surface area contributed by atoms with Crippen molar-refractivity contribution in [3.63, 3.8) is 0 Å². The van der Waals surface area contributed by atoms with E-state index >= 15 is 0 Å². The molecule has 0 aliphatic heterocycles. The number of carbonyl (C=O) groups is 1. The number of carbonyl (C=O) groups excluding carboxylic acids is 1. The Kier molecular flexibility index (Phi) is 2.96. The van der Waals surface area contributed by atoms with Crippen molar-refractivity contribution in [3.8, 4) is 0 Å². The third kappa shape index (κ3) is 1.96. The SMILES string of the molecule is C[SiH2]OC1(C(F)(F)F)C=CC(=O)C=C1. The molecule has 0 aromatic heterocycles. The summed E-state index contributed by atoms with van der Waals surface area (Å²) in [6.07, 6.45) is -1.20. The normalized spacial score (nSPS) is 21.0. The molecule has 1 aliphatic rings. The lowest BCUT2D eigenvalue weighted by atomic mass is 9.97. The fraction of sp³-hybridized carbons (Fsp3) is 0.375. The molecule has 0 fully saturated rings. The largest absolute Gasteiger partial charge is 0.423 e. The highest BCUT2D eigenvalue weighted by atomic mass is 28.2. The molecular formula is C8H9F3O2Si. The Morgan fingerprint density at radius 2 is 1.86 bits per heavy atom. The zero-order valence-electron chi connectivity index (χ0n) is 7.47. The van der Waals surface area contributed by atoms with Crippen molar-refractivity contribution in [2.24, 2.45) is 0 Å². The molecule has 0 spiro atoms. The summed E-state index contributed by atoms with van der Waals surface area (Å²) in [4.78, 5) is 10.7. The van der Waals surface area contributed by atoms with Gasteiger partial charge in [-0.1, -0.05) is 6.55 Å². The van der Waals surface area contributed by atoms with Crippen LogP contribution in [0, 0.1) is 0 Å². The number of rotatable bonds is 2. The monoisotopic (exact) mass is 222 g/mol. The van der Waals surface area contributed by atoms with Crippen LogP contribution in [0.15, 0.2) is 24.3 Å². The van der Waals surface area contributed by atoms with Gasteiger partial charge in [0.15, 0.2) is 21.1 Å². The number of ketones is 1. The molecule has 0 saturated heterocycles. The van der Waals surface area contributed by atoms with Crippen molar-refractivity contribution in [2.45, 2.75) is 18.3 Å². The van der Waals surface area contributed by atoms with E-state index in [0.29, 0.717) is 0 Å². The van der Waals surface area contributed by atoms with E-state index in [1.165, 1.54) is 0 Å². The zero-order valence-corrected chi connectivity index (χ0v) is 8.88. The van der Waals surface area contributed by atoms with Crippen molar-refractivity contribution >= 4 is 15.5 Å². The Morgan fingerprint density at radius 3 is 2.21 bits per heavy atom. The first-order valence-corrected chi connectivity index (χ1v) is 6.03. The minimum atomic E-state index is -4.51. The highest BCUT2D eigenvalue weighted by Gasteiger charge is 2.52. The summed E-state index contributed by atoms with van der Waals surface area (Å²) in [7, 11) is -1.22. The third-order valence-electron chi connectivity index (χ3n) is 1.82. The van der Waals surface area contributed by atoms with Gasteiger partial charge < -0.3 is 4.43 Å². The van der Waals surface area contributed by atoms with Crippen molar-refractivity contribution in [3.05, 3.63) is 24.3 Å². The second kappa shape index (κ2) is 3.70. The minimum absolute atomic E-state index is 0.453. The third-order valence-corrected chi connectivity index (χ3v) is 2.58. The maximum Gasteiger partial charge on any atom is 0.423 e. The van der Waals surface area contributed by atoms with Crippen LogP contribution in [0.2, 0.25) is 6.55 Å². The standard InChI is InChI=1S/C8H9F3O2Si/c1-14-13-7(8(9,10)11)4-2-6(12)3-5-7/h2-5H,14H2,1H3. The Hall–Kier alpha value is -0.883. The molecule has 0 radical (unpaired) electrons. The number of halogens is 3. The molecule has 0 bridgehead atoms. The lowest BCUT2D eigenvalue weighted by molar-refractivity contribution is -0.211. The fourth-order valence-electron chi connectivity index (χ4n) is 1.13. The smallest absolute Gasteiger partial charge is 0.405 e. The maximum absolute atomic E-state index is 12.6. The van der Waals surface area contributed by atoms with Crippen molar-refractivity contribution in [2.75, 3.05) is 0 Å². The van der Waals surface area contributed by atoms with E-state index < -0.39 is 27.3 Å². The van der Waals surface area contributed by atoms with Gasteiger partial charge in [0.05, 0.1) is 0 Å². The second-order valence-corrected chi connectivity index (χ2v) is 3.66. The van der Waals surface area contributed by atoms with Crippen LogP contribution in [0.5, 0.6) is 0 Å². The molecule has 0 N–H and O–H groups in total. The van der Waals surface area contributed by atoms with Gasteiger partial charge in [0, 0.05) is 0 Å². The predicted octanol–water partition coefficient (Wildman–Crippen LogP) is 1.13. The molecule has 0 unspecified atom stereocenters. The minimum Gasteiger partial charge on any atom is -0.405 e. The fourth-order valence-corrected chi connectivity index (χ4v) is 1.96. The quantitative estimate of drug-likeness (QED) is 0.655. The molecule has 0 aromatic rings. The van der Waals surface area contributed by atoms with Gasteiger partial charge in [0.2, 0.25) is 0 Å². The molecule has 78 valence electrons. The lowest BCUT2D eigenvalue weighted by Gasteiger charge is -2.31. The van der Waals surface area contributed by atoms with Crippen LogP contribution < -0.4 is 0 Å². The summed E-state index contributed by atoms with van der Waals surface area (Å²) < 4.78 is 42.6. The van der Waals surface area contributed by atoms with Gasteiger partial charge in [-0.15, -0.1) is 0 Å². The highest BCUT2D eigenvalue weighted by Crippen LogP contribution is 2.37. The van der Waals surface area contributed by atoms with Crippen molar-refractivity contribution in [1.82, 2.24) is 0 Å². The molecule has 2 nitrogen and oxygen atoms in total. The van der Waals surface area contributed by atoms with Crippen LogP contribution in [0.4, 0.5) is 13.2 Å². The summed E-state index contributed by atoms with van der Waals surface area (Å²) in [6.45, 7) is 1.60. The molecule has 0 atom stereocenters. The molecule has 6 heteroatoms.